The molecule has 0 amide bonds. The molecule has 27 heavy (non-hydrogen) atoms. The second-order valence-electron chi connectivity index (χ2n) is 5.46. The molecule has 0 aliphatic carbocycles. The highest BCUT2D eigenvalue weighted by Gasteiger charge is 2.19. The molecule has 0 bridgehead atoms. The Morgan fingerprint density at radius 1 is 1.22 bits per heavy atom. The Morgan fingerprint density at radius 3 is 2.67 bits per heavy atom. The minimum Gasteiger partial charge on any atom is -0.502 e. The van der Waals surface area contributed by atoms with E-state index in [0.717, 1.165) is 0 Å². The van der Waals surface area contributed by atoms with Gasteiger partial charge in [0.05, 0.1) is 18.4 Å². The average Bonchev–Trinajstić information content (AvgIpc) is 3.12. The maximum absolute atomic E-state index is 12.4. The normalized spacial score (nSPS) is 11.0. The van der Waals surface area contributed by atoms with Crippen LogP contribution in [0.3, 0.4) is 0 Å². The van der Waals surface area contributed by atoms with Crippen LogP contribution in [-0.4, -0.2) is 23.7 Å². The summed E-state index contributed by atoms with van der Waals surface area (Å²) >= 11 is 5.82. The summed E-state index contributed by atoms with van der Waals surface area (Å²) < 4.78 is 15.5. The second kappa shape index (κ2) is 7.97. The van der Waals surface area contributed by atoms with Crippen molar-refractivity contribution in [3.63, 3.8) is 0 Å². The fourth-order valence-electron chi connectivity index (χ4n) is 2.42. The van der Waals surface area contributed by atoms with Crippen LogP contribution >= 0.6 is 11.6 Å². The van der Waals surface area contributed by atoms with Gasteiger partial charge in [-0.1, -0.05) is 11.6 Å². The van der Waals surface area contributed by atoms with Gasteiger partial charge in [-0.15, -0.1) is 0 Å². The number of rotatable bonds is 5. The van der Waals surface area contributed by atoms with Crippen LogP contribution in [0, 0.1) is 0 Å². The first kappa shape index (κ1) is 18.5. The van der Waals surface area contributed by atoms with Crippen molar-refractivity contribution in [2.75, 3.05) is 6.61 Å². The number of carbonyl (C=O) groups excluding carboxylic acids is 2. The largest absolute Gasteiger partial charge is 0.502 e. The Hall–Kier alpha value is -3.25. The van der Waals surface area contributed by atoms with Crippen molar-refractivity contribution >= 4 is 40.6 Å². The smallest absolute Gasteiger partial charge is 0.343 e. The second-order valence-corrected chi connectivity index (χ2v) is 5.90. The van der Waals surface area contributed by atoms with Crippen LogP contribution in [0.15, 0.2) is 53.2 Å². The Balaban J connectivity index is 1.99. The molecule has 0 saturated heterocycles. The molecule has 2 aromatic carbocycles. The van der Waals surface area contributed by atoms with Gasteiger partial charge in [-0.3, -0.25) is 0 Å². The van der Waals surface area contributed by atoms with Gasteiger partial charge < -0.3 is 19.0 Å². The molecule has 0 atom stereocenters. The molecule has 3 rings (SSSR count). The summed E-state index contributed by atoms with van der Waals surface area (Å²) in [4.78, 5) is 24.0. The van der Waals surface area contributed by atoms with Crippen molar-refractivity contribution in [2.24, 2.45) is 0 Å². The van der Waals surface area contributed by atoms with E-state index in [0.29, 0.717) is 16.0 Å². The minimum absolute atomic E-state index is 0.127. The first-order valence-electron chi connectivity index (χ1n) is 8.05. The van der Waals surface area contributed by atoms with Gasteiger partial charge in [0.2, 0.25) is 5.75 Å². The molecule has 0 unspecified atom stereocenters. The van der Waals surface area contributed by atoms with Crippen molar-refractivity contribution < 1.29 is 28.6 Å². The van der Waals surface area contributed by atoms with Gasteiger partial charge in [0.25, 0.3) is 0 Å². The Morgan fingerprint density at radius 2 is 1.96 bits per heavy atom. The molecular weight excluding hydrogens is 372 g/mol. The molecule has 138 valence electrons. The molecule has 1 aromatic heterocycles. The zero-order chi connectivity index (χ0) is 19.4. The average molecular weight is 387 g/mol. The molecule has 7 heteroatoms. The number of ether oxygens (including phenoxy) is 2. The first-order valence-corrected chi connectivity index (χ1v) is 8.43. The highest BCUT2D eigenvalue weighted by atomic mass is 35.5. The highest BCUT2D eigenvalue weighted by molar-refractivity contribution is 6.30. The van der Waals surface area contributed by atoms with Gasteiger partial charge in [-0.2, -0.15) is 0 Å². The van der Waals surface area contributed by atoms with Crippen LogP contribution in [-0.2, 0) is 9.53 Å². The molecule has 3 aromatic rings. The summed E-state index contributed by atoms with van der Waals surface area (Å²) in [5.41, 5.74) is 0.734. The zero-order valence-electron chi connectivity index (χ0n) is 14.3. The maximum Gasteiger partial charge on any atom is 0.343 e. The van der Waals surface area contributed by atoms with Gasteiger partial charge in [-0.25, -0.2) is 9.59 Å². The molecule has 0 aliphatic rings. The van der Waals surface area contributed by atoms with Crippen LogP contribution in [0.2, 0.25) is 5.02 Å². The lowest BCUT2D eigenvalue weighted by Crippen LogP contribution is -2.09. The van der Waals surface area contributed by atoms with E-state index in [1.165, 1.54) is 30.5 Å². The number of halogens is 1. The molecular formula is C20H15ClO6. The van der Waals surface area contributed by atoms with Gasteiger partial charge in [0.15, 0.2) is 11.3 Å². The standard InChI is InChI=1S/C20H15ClO6/c1-2-25-16(22)8-5-13-11-14-9-10-26-18(14)17(23)19(13)27-20(24)12-3-6-15(21)7-4-12/h3-11,23H,2H2,1H3/b8-5+. The molecule has 0 fully saturated rings. The summed E-state index contributed by atoms with van der Waals surface area (Å²) in [7, 11) is 0. The van der Waals surface area contributed by atoms with Crippen LogP contribution in [0.1, 0.15) is 22.8 Å². The summed E-state index contributed by atoms with van der Waals surface area (Å²) in [6, 6.07) is 9.37. The van der Waals surface area contributed by atoms with Crippen molar-refractivity contribution in [3.05, 3.63) is 64.9 Å². The number of benzene rings is 2. The Bertz CT molecular complexity index is 1020. The van der Waals surface area contributed by atoms with Crippen molar-refractivity contribution in [1.29, 1.82) is 0 Å². The third-order valence-corrected chi connectivity index (χ3v) is 3.91. The summed E-state index contributed by atoms with van der Waals surface area (Å²) in [5, 5.41) is 11.5. The minimum atomic E-state index is -0.696. The summed E-state index contributed by atoms with van der Waals surface area (Å²) in [6.45, 7) is 1.92. The van der Waals surface area contributed by atoms with E-state index < -0.39 is 11.9 Å². The lowest BCUT2D eigenvalue weighted by molar-refractivity contribution is -0.137. The fourth-order valence-corrected chi connectivity index (χ4v) is 2.54. The number of furan rings is 1. The van der Waals surface area contributed by atoms with Gasteiger partial charge >= 0.3 is 11.9 Å². The molecule has 0 saturated carbocycles. The summed E-state index contributed by atoms with van der Waals surface area (Å²) in [6.07, 6.45) is 3.98. The monoisotopic (exact) mass is 386 g/mol. The molecule has 1 heterocycles. The predicted octanol–water partition coefficient (Wildman–Crippen LogP) is 4.59. The number of esters is 2. The fraction of sp³-hybridized carbons (Fsp3) is 0.100. The van der Waals surface area contributed by atoms with Crippen LogP contribution in [0.4, 0.5) is 0 Å². The van der Waals surface area contributed by atoms with Crippen LogP contribution in [0.25, 0.3) is 17.0 Å². The molecule has 0 spiro atoms. The lowest BCUT2D eigenvalue weighted by atomic mass is 10.1. The first-order chi connectivity index (χ1) is 13.0. The molecule has 0 aliphatic heterocycles. The SMILES string of the molecule is CCOC(=O)/C=C/c1cc2ccoc2c(O)c1OC(=O)c1ccc(Cl)cc1. The van der Waals surface area contributed by atoms with Crippen molar-refractivity contribution in [3.8, 4) is 11.5 Å². The number of phenols is 1. The van der Waals surface area contributed by atoms with E-state index >= 15 is 0 Å². The molecule has 0 radical (unpaired) electrons. The van der Waals surface area contributed by atoms with E-state index in [2.05, 4.69) is 0 Å². The number of phenolic OH excluding ortho intramolecular Hbond substituents is 1. The van der Waals surface area contributed by atoms with Crippen molar-refractivity contribution in [2.45, 2.75) is 6.92 Å². The van der Waals surface area contributed by atoms with Crippen LogP contribution < -0.4 is 4.74 Å². The topological polar surface area (TPSA) is 86.0 Å². The quantitative estimate of drug-likeness (QED) is 0.392. The number of hydrogen-bond acceptors (Lipinski definition) is 6. The van der Waals surface area contributed by atoms with E-state index in [9.17, 15) is 14.7 Å². The summed E-state index contributed by atoms with van der Waals surface area (Å²) in [5.74, 6) is -1.72. The maximum atomic E-state index is 12.4. The van der Waals surface area contributed by atoms with Gasteiger partial charge in [0.1, 0.15) is 0 Å². The van der Waals surface area contributed by atoms with Crippen molar-refractivity contribution in [1.82, 2.24) is 0 Å². The van der Waals surface area contributed by atoms with E-state index in [1.807, 2.05) is 0 Å². The van der Waals surface area contributed by atoms with E-state index in [4.69, 9.17) is 25.5 Å². The number of carbonyl (C=O) groups is 2. The van der Waals surface area contributed by atoms with Crippen LogP contribution in [0.5, 0.6) is 11.5 Å². The lowest BCUT2D eigenvalue weighted by Gasteiger charge is -2.10. The van der Waals surface area contributed by atoms with Gasteiger partial charge in [0, 0.05) is 22.0 Å². The number of fused-ring (bicyclic) bond motifs is 1. The Labute approximate surface area is 159 Å². The van der Waals surface area contributed by atoms with Gasteiger partial charge in [-0.05, 0) is 49.4 Å². The third-order valence-electron chi connectivity index (χ3n) is 3.66. The number of hydrogen-bond donors (Lipinski definition) is 1. The zero-order valence-corrected chi connectivity index (χ0v) is 15.0. The molecule has 1 N–H and O–H groups in total. The Kier molecular flexibility index (Phi) is 5.47. The third kappa shape index (κ3) is 4.12. The van der Waals surface area contributed by atoms with E-state index in [1.54, 1.807) is 31.2 Å². The number of aromatic hydroxyl groups is 1. The predicted molar refractivity (Wildman–Crippen MR) is 100.0 cm³/mol. The van der Waals surface area contributed by atoms with E-state index in [-0.39, 0.29) is 29.3 Å². The molecule has 6 nitrogen and oxygen atoms in total. The highest BCUT2D eigenvalue weighted by Crippen LogP contribution is 2.39.